The Labute approximate surface area is 245 Å². The van der Waals surface area contributed by atoms with Gasteiger partial charge in [-0.05, 0) is 43.5 Å². The van der Waals surface area contributed by atoms with Gasteiger partial charge in [-0.1, -0.05) is 72.3 Å². The maximum absolute atomic E-state index is 14.0. The average molecular weight is 567 g/mol. The van der Waals surface area contributed by atoms with Crippen LogP contribution in [0.15, 0.2) is 72.8 Å². The maximum atomic E-state index is 14.0. The summed E-state index contributed by atoms with van der Waals surface area (Å²) >= 11 is 1.60. The predicted octanol–water partition coefficient (Wildman–Crippen LogP) is 5.49. The van der Waals surface area contributed by atoms with Crippen LogP contribution in [0.4, 0.5) is 5.82 Å². The van der Waals surface area contributed by atoms with Crippen molar-refractivity contribution < 1.29 is 14.3 Å². The Morgan fingerprint density at radius 1 is 0.976 bits per heavy atom. The summed E-state index contributed by atoms with van der Waals surface area (Å²) in [6, 6.07) is 24.7. The lowest BCUT2D eigenvalue weighted by molar-refractivity contribution is -0.134. The zero-order chi connectivity index (χ0) is 28.5. The Balaban J connectivity index is 1.61. The number of rotatable bonds is 5. The lowest BCUT2D eigenvalue weighted by Crippen LogP contribution is -2.48. The van der Waals surface area contributed by atoms with Gasteiger partial charge in [0.15, 0.2) is 0 Å². The molecule has 210 valence electrons. The van der Waals surface area contributed by atoms with Gasteiger partial charge in [-0.15, -0.1) is 11.8 Å². The van der Waals surface area contributed by atoms with E-state index in [-0.39, 0.29) is 29.4 Å². The largest absolute Gasteiger partial charge is 0.378 e. The summed E-state index contributed by atoms with van der Waals surface area (Å²) in [7, 11) is 0. The zero-order valence-electron chi connectivity index (χ0n) is 23.7. The van der Waals surface area contributed by atoms with E-state index < -0.39 is 0 Å². The van der Waals surface area contributed by atoms with Crippen LogP contribution < -0.4 is 4.90 Å². The number of fused-ring (bicyclic) bond motifs is 1. The molecule has 0 N–H and O–H groups in total. The highest BCUT2D eigenvalue weighted by Gasteiger charge is 2.38. The third kappa shape index (κ3) is 5.29. The highest BCUT2D eigenvalue weighted by molar-refractivity contribution is 8.00. The SMILES string of the molecule is Cc1cccc(C2SCC(=O)N(CC(=O)N3CCOCC3)c3c2c(-c2ccccc2)nn3-c2cccc(C)c2C)c1. The van der Waals surface area contributed by atoms with Crippen LogP contribution in [0.1, 0.15) is 33.1 Å². The molecule has 1 saturated heterocycles. The van der Waals surface area contributed by atoms with Crippen molar-refractivity contribution in [3.8, 4) is 16.9 Å². The van der Waals surface area contributed by atoms with E-state index in [1.54, 1.807) is 21.6 Å². The molecule has 1 fully saturated rings. The first-order valence-corrected chi connectivity index (χ1v) is 15.1. The van der Waals surface area contributed by atoms with Crippen molar-refractivity contribution in [1.82, 2.24) is 14.7 Å². The fraction of sp³-hybridized carbons (Fsp3) is 0.303. The highest BCUT2D eigenvalue weighted by Crippen LogP contribution is 2.48. The molecule has 1 unspecified atom stereocenters. The summed E-state index contributed by atoms with van der Waals surface area (Å²) in [6.07, 6.45) is 0. The second-order valence-corrected chi connectivity index (χ2v) is 11.8. The van der Waals surface area contributed by atoms with Gasteiger partial charge in [0.2, 0.25) is 11.8 Å². The minimum Gasteiger partial charge on any atom is -0.378 e. The number of amides is 2. The summed E-state index contributed by atoms with van der Waals surface area (Å²) in [5.41, 5.74) is 8.12. The van der Waals surface area contributed by atoms with E-state index in [9.17, 15) is 9.59 Å². The lowest BCUT2D eigenvalue weighted by atomic mass is 9.98. The second-order valence-electron chi connectivity index (χ2n) is 10.7. The zero-order valence-corrected chi connectivity index (χ0v) is 24.5. The molecule has 0 radical (unpaired) electrons. The number of ether oxygens (including phenoxy) is 1. The van der Waals surface area contributed by atoms with Gasteiger partial charge >= 0.3 is 0 Å². The van der Waals surface area contributed by atoms with Gasteiger partial charge in [0, 0.05) is 24.2 Å². The molecule has 0 bridgehead atoms. The van der Waals surface area contributed by atoms with Gasteiger partial charge in [-0.3, -0.25) is 14.5 Å². The van der Waals surface area contributed by atoms with Gasteiger partial charge in [0.1, 0.15) is 12.4 Å². The molecule has 1 atom stereocenters. The van der Waals surface area contributed by atoms with Crippen LogP contribution in [0.25, 0.3) is 16.9 Å². The van der Waals surface area contributed by atoms with E-state index in [1.807, 2.05) is 35.0 Å². The number of anilines is 1. The van der Waals surface area contributed by atoms with Gasteiger partial charge in [-0.25, -0.2) is 4.68 Å². The molecule has 3 aromatic carbocycles. The predicted molar refractivity (Wildman–Crippen MR) is 164 cm³/mol. The standard InChI is InChI=1S/C33H34N4O3S/c1-22-9-7-13-26(19-22)32-30-31(25-11-5-4-6-12-25)34-37(27-14-8-10-23(2)24(27)3)33(30)36(29(39)21-41-32)20-28(38)35-15-17-40-18-16-35/h4-14,19,32H,15-18,20-21H2,1-3H3. The molecule has 8 heteroatoms. The van der Waals surface area contributed by atoms with Crippen molar-refractivity contribution >= 4 is 29.4 Å². The molecule has 41 heavy (non-hydrogen) atoms. The molecule has 3 heterocycles. The van der Waals surface area contributed by atoms with E-state index in [2.05, 4.69) is 63.2 Å². The molecule has 1 aromatic heterocycles. The van der Waals surface area contributed by atoms with E-state index in [1.165, 1.54) is 0 Å². The third-order valence-electron chi connectivity index (χ3n) is 7.94. The number of carbonyl (C=O) groups excluding carboxylic acids is 2. The first kappa shape index (κ1) is 27.3. The number of hydrogen-bond donors (Lipinski definition) is 0. The Hall–Kier alpha value is -3.88. The molecule has 0 saturated carbocycles. The summed E-state index contributed by atoms with van der Waals surface area (Å²) in [5.74, 6) is 0.742. The van der Waals surface area contributed by atoms with Crippen molar-refractivity contribution in [2.24, 2.45) is 0 Å². The Morgan fingerprint density at radius 3 is 2.49 bits per heavy atom. The minimum atomic E-state index is -0.147. The molecular weight excluding hydrogens is 532 g/mol. The van der Waals surface area contributed by atoms with Crippen LogP contribution in [0.3, 0.4) is 0 Å². The van der Waals surface area contributed by atoms with Crippen molar-refractivity contribution in [3.05, 3.63) is 101 Å². The van der Waals surface area contributed by atoms with Crippen molar-refractivity contribution in [2.45, 2.75) is 26.0 Å². The molecule has 2 amide bonds. The van der Waals surface area contributed by atoms with E-state index in [0.717, 1.165) is 44.8 Å². The maximum Gasteiger partial charge on any atom is 0.242 e. The quantitative estimate of drug-likeness (QED) is 0.320. The third-order valence-corrected chi connectivity index (χ3v) is 9.20. The van der Waals surface area contributed by atoms with Crippen LogP contribution in [0.2, 0.25) is 0 Å². The topological polar surface area (TPSA) is 67.7 Å². The number of benzene rings is 3. The molecule has 6 rings (SSSR count). The van der Waals surface area contributed by atoms with Gasteiger partial charge < -0.3 is 9.64 Å². The van der Waals surface area contributed by atoms with Crippen LogP contribution >= 0.6 is 11.8 Å². The van der Waals surface area contributed by atoms with Gasteiger partial charge in [0.25, 0.3) is 0 Å². The van der Waals surface area contributed by atoms with Crippen molar-refractivity contribution in [1.29, 1.82) is 0 Å². The minimum absolute atomic E-state index is 0.0439. The molecule has 0 spiro atoms. The Bertz CT molecular complexity index is 1590. The highest BCUT2D eigenvalue weighted by atomic mass is 32.2. The fourth-order valence-electron chi connectivity index (χ4n) is 5.61. The van der Waals surface area contributed by atoms with Crippen molar-refractivity contribution in [2.75, 3.05) is 43.5 Å². The van der Waals surface area contributed by atoms with Crippen LogP contribution in [0.5, 0.6) is 0 Å². The molecular formula is C33H34N4O3S. The van der Waals surface area contributed by atoms with Crippen LogP contribution in [-0.4, -0.2) is 65.1 Å². The molecule has 4 aromatic rings. The smallest absolute Gasteiger partial charge is 0.242 e. The number of hydrogen-bond acceptors (Lipinski definition) is 5. The summed E-state index contributed by atoms with van der Waals surface area (Å²) < 4.78 is 7.37. The first-order valence-electron chi connectivity index (χ1n) is 14.0. The van der Waals surface area contributed by atoms with Crippen LogP contribution in [-0.2, 0) is 14.3 Å². The number of nitrogens with zero attached hydrogens (tertiary/aromatic N) is 4. The monoisotopic (exact) mass is 566 g/mol. The average Bonchev–Trinajstić information content (AvgIpc) is 3.31. The summed E-state index contributed by atoms with van der Waals surface area (Å²) in [6.45, 7) is 8.27. The van der Waals surface area contributed by atoms with E-state index in [0.29, 0.717) is 32.1 Å². The molecule has 0 aliphatic carbocycles. The first-order chi connectivity index (χ1) is 19.9. The van der Waals surface area contributed by atoms with Crippen molar-refractivity contribution in [3.63, 3.8) is 0 Å². The lowest BCUT2D eigenvalue weighted by Gasteiger charge is -2.30. The normalized spacial score (nSPS) is 17.3. The Kier molecular flexibility index (Phi) is 7.69. The van der Waals surface area contributed by atoms with Gasteiger partial charge in [-0.2, -0.15) is 5.10 Å². The van der Waals surface area contributed by atoms with Crippen LogP contribution in [0, 0.1) is 20.8 Å². The number of aryl methyl sites for hydroxylation is 2. The summed E-state index contributed by atoms with van der Waals surface area (Å²) in [4.78, 5) is 31.1. The molecule has 2 aliphatic rings. The molecule has 2 aliphatic heterocycles. The van der Waals surface area contributed by atoms with Gasteiger partial charge in [0.05, 0.1) is 35.6 Å². The second kappa shape index (κ2) is 11.5. The number of morpholine rings is 1. The number of carbonyl (C=O) groups is 2. The number of aromatic nitrogens is 2. The molecule has 7 nitrogen and oxygen atoms in total. The summed E-state index contributed by atoms with van der Waals surface area (Å²) in [5, 5.41) is 5.10. The van der Waals surface area contributed by atoms with E-state index >= 15 is 0 Å². The fourth-order valence-corrected chi connectivity index (χ4v) is 6.79. The number of thioether (sulfide) groups is 1. The van der Waals surface area contributed by atoms with E-state index in [4.69, 9.17) is 9.84 Å². The Morgan fingerprint density at radius 2 is 1.73 bits per heavy atom.